The van der Waals surface area contributed by atoms with Crippen LogP contribution in [-0.4, -0.2) is 30.3 Å². The number of piperidine rings is 1. The summed E-state index contributed by atoms with van der Waals surface area (Å²) in [6.45, 7) is 0.0801. The highest BCUT2D eigenvalue weighted by Crippen LogP contribution is 2.36. The number of carbonyl (C=O) groups is 1. The fourth-order valence-corrected chi connectivity index (χ4v) is 2.16. The lowest BCUT2D eigenvalue weighted by Gasteiger charge is -2.33. The van der Waals surface area contributed by atoms with Crippen LogP contribution in [0.5, 0.6) is 0 Å². The fraction of sp³-hybridized carbons (Fsp3) is 0.417. The maximum atomic E-state index is 13.1. The number of nitrogens with zero attached hydrogens (tertiary/aromatic N) is 2. The standard InChI is InChI=1S/C12H13F2N3O3/c13-12(14)3-5-16(6-4-12)11-7-9(15-8-18)1-2-10(11)17(19)20/h1-2,7-8H,3-6H2,(H,15,18). The van der Waals surface area contributed by atoms with E-state index in [-0.39, 0.29) is 37.3 Å². The zero-order chi connectivity index (χ0) is 14.8. The summed E-state index contributed by atoms with van der Waals surface area (Å²) >= 11 is 0. The van der Waals surface area contributed by atoms with Crippen molar-refractivity contribution in [1.82, 2.24) is 0 Å². The lowest BCUT2D eigenvalue weighted by Crippen LogP contribution is -2.39. The van der Waals surface area contributed by atoms with Crippen molar-refractivity contribution < 1.29 is 18.5 Å². The third kappa shape index (κ3) is 3.01. The minimum absolute atomic E-state index is 0.0401. The lowest BCUT2D eigenvalue weighted by molar-refractivity contribution is -0.384. The Hall–Kier alpha value is -2.25. The molecule has 2 rings (SSSR count). The van der Waals surface area contributed by atoms with E-state index in [4.69, 9.17) is 0 Å². The van der Waals surface area contributed by atoms with Crippen molar-refractivity contribution in [2.45, 2.75) is 18.8 Å². The molecule has 1 N–H and O–H groups in total. The smallest absolute Gasteiger partial charge is 0.292 e. The summed E-state index contributed by atoms with van der Waals surface area (Å²) in [6, 6.07) is 4.08. The first kappa shape index (κ1) is 14.2. The highest BCUT2D eigenvalue weighted by molar-refractivity contribution is 5.77. The summed E-state index contributed by atoms with van der Waals surface area (Å²) in [4.78, 5) is 22.4. The van der Waals surface area contributed by atoms with Crippen LogP contribution in [0.25, 0.3) is 0 Å². The molecular formula is C12H13F2N3O3. The molecule has 0 unspecified atom stereocenters. The van der Waals surface area contributed by atoms with Crippen molar-refractivity contribution >= 4 is 23.5 Å². The number of anilines is 2. The number of alkyl halides is 2. The summed E-state index contributed by atoms with van der Waals surface area (Å²) in [5.41, 5.74) is 0.474. The van der Waals surface area contributed by atoms with Gasteiger partial charge in [0.15, 0.2) is 0 Å². The molecule has 0 aromatic heterocycles. The number of carbonyl (C=O) groups excluding carboxylic acids is 1. The normalized spacial score (nSPS) is 17.6. The number of hydrogen-bond acceptors (Lipinski definition) is 4. The molecule has 0 saturated carbocycles. The van der Waals surface area contributed by atoms with Crippen LogP contribution < -0.4 is 10.2 Å². The van der Waals surface area contributed by atoms with Gasteiger partial charge in [-0.1, -0.05) is 0 Å². The molecule has 1 aliphatic rings. The van der Waals surface area contributed by atoms with Gasteiger partial charge in [0.1, 0.15) is 5.69 Å². The van der Waals surface area contributed by atoms with Crippen LogP contribution in [-0.2, 0) is 4.79 Å². The number of nitro groups is 1. The molecule has 0 atom stereocenters. The van der Waals surface area contributed by atoms with Crippen LogP contribution in [0.3, 0.4) is 0 Å². The van der Waals surface area contributed by atoms with E-state index >= 15 is 0 Å². The van der Waals surface area contributed by atoms with Gasteiger partial charge >= 0.3 is 0 Å². The van der Waals surface area contributed by atoms with Crippen molar-refractivity contribution in [3.63, 3.8) is 0 Å². The number of amides is 1. The molecule has 1 aromatic rings. The second-order valence-corrected chi connectivity index (χ2v) is 4.57. The van der Waals surface area contributed by atoms with Crippen molar-refractivity contribution in [2.75, 3.05) is 23.3 Å². The highest BCUT2D eigenvalue weighted by atomic mass is 19.3. The van der Waals surface area contributed by atoms with Gasteiger partial charge in [0.25, 0.3) is 11.6 Å². The quantitative estimate of drug-likeness (QED) is 0.523. The Kier molecular flexibility index (Phi) is 3.82. The molecule has 1 aromatic carbocycles. The molecule has 1 fully saturated rings. The van der Waals surface area contributed by atoms with E-state index in [1.165, 1.54) is 18.2 Å². The average molecular weight is 285 g/mol. The average Bonchev–Trinajstić information content (AvgIpc) is 2.38. The molecule has 1 saturated heterocycles. The lowest BCUT2D eigenvalue weighted by atomic mass is 10.1. The van der Waals surface area contributed by atoms with E-state index in [9.17, 15) is 23.7 Å². The minimum Gasteiger partial charge on any atom is -0.365 e. The van der Waals surface area contributed by atoms with Gasteiger partial charge in [0, 0.05) is 37.7 Å². The topological polar surface area (TPSA) is 75.5 Å². The van der Waals surface area contributed by atoms with Gasteiger partial charge in [-0.3, -0.25) is 14.9 Å². The first-order valence-corrected chi connectivity index (χ1v) is 6.04. The van der Waals surface area contributed by atoms with E-state index in [0.717, 1.165) is 0 Å². The Bertz CT molecular complexity index is 527. The van der Waals surface area contributed by atoms with Gasteiger partial charge in [-0.25, -0.2) is 8.78 Å². The molecule has 0 aliphatic carbocycles. The van der Waals surface area contributed by atoms with E-state index in [0.29, 0.717) is 12.1 Å². The van der Waals surface area contributed by atoms with E-state index in [1.54, 1.807) is 4.90 Å². The second-order valence-electron chi connectivity index (χ2n) is 4.57. The number of nitrogens with one attached hydrogen (secondary N) is 1. The zero-order valence-electron chi connectivity index (χ0n) is 10.5. The Morgan fingerprint density at radius 1 is 1.35 bits per heavy atom. The highest BCUT2D eigenvalue weighted by Gasteiger charge is 2.35. The Labute approximate surface area is 113 Å². The maximum Gasteiger partial charge on any atom is 0.292 e. The van der Waals surface area contributed by atoms with Crippen molar-refractivity contribution in [3.8, 4) is 0 Å². The molecule has 0 radical (unpaired) electrons. The Morgan fingerprint density at radius 2 is 2.00 bits per heavy atom. The van der Waals surface area contributed by atoms with Gasteiger partial charge < -0.3 is 10.2 Å². The maximum absolute atomic E-state index is 13.1. The van der Waals surface area contributed by atoms with Crippen LogP contribution in [0, 0.1) is 10.1 Å². The third-order valence-electron chi connectivity index (χ3n) is 3.23. The predicted octanol–water partition coefficient (Wildman–Crippen LogP) is 2.40. The molecule has 0 bridgehead atoms. The fourth-order valence-electron chi connectivity index (χ4n) is 2.16. The van der Waals surface area contributed by atoms with E-state index < -0.39 is 10.8 Å². The van der Waals surface area contributed by atoms with Gasteiger partial charge in [0.05, 0.1) is 4.92 Å². The molecule has 1 amide bonds. The number of hydrogen-bond donors (Lipinski definition) is 1. The van der Waals surface area contributed by atoms with E-state index in [2.05, 4.69) is 5.32 Å². The number of benzene rings is 1. The van der Waals surface area contributed by atoms with Gasteiger partial charge in [-0.15, -0.1) is 0 Å². The largest absolute Gasteiger partial charge is 0.365 e. The van der Waals surface area contributed by atoms with Gasteiger partial charge in [-0.2, -0.15) is 0 Å². The SMILES string of the molecule is O=CNc1ccc([N+](=O)[O-])c(N2CCC(F)(F)CC2)c1. The summed E-state index contributed by atoms with van der Waals surface area (Å²) in [6.07, 6.45) is -0.222. The Balaban J connectivity index is 2.30. The van der Waals surface area contributed by atoms with Crippen LogP contribution >= 0.6 is 0 Å². The third-order valence-corrected chi connectivity index (χ3v) is 3.23. The molecule has 8 heteroatoms. The van der Waals surface area contributed by atoms with Crippen LogP contribution in [0.1, 0.15) is 12.8 Å². The zero-order valence-corrected chi connectivity index (χ0v) is 10.5. The number of rotatable bonds is 4. The molecular weight excluding hydrogens is 272 g/mol. The molecule has 0 spiro atoms. The summed E-state index contributed by atoms with van der Waals surface area (Å²) in [5.74, 6) is -2.72. The van der Waals surface area contributed by atoms with Gasteiger partial charge in [0.2, 0.25) is 6.41 Å². The molecule has 1 aliphatic heterocycles. The van der Waals surface area contributed by atoms with Crippen molar-refractivity contribution in [3.05, 3.63) is 28.3 Å². The molecule has 20 heavy (non-hydrogen) atoms. The Morgan fingerprint density at radius 3 is 2.55 bits per heavy atom. The van der Waals surface area contributed by atoms with E-state index in [1.807, 2.05) is 0 Å². The van der Waals surface area contributed by atoms with Crippen molar-refractivity contribution in [1.29, 1.82) is 0 Å². The first-order valence-electron chi connectivity index (χ1n) is 6.04. The number of nitro benzene ring substituents is 1. The molecule has 1 heterocycles. The van der Waals surface area contributed by atoms with Crippen LogP contribution in [0.4, 0.5) is 25.8 Å². The molecule has 6 nitrogen and oxygen atoms in total. The van der Waals surface area contributed by atoms with Crippen LogP contribution in [0.2, 0.25) is 0 Å². The van der Waals surface area contributed by atoms with Gasteiger partial charge in [-0.05, 0) is 12.1 Å². The number of halogens is 2. The van der Waals surface area contributed by atoms with Crippen molar-refractivity contribution in [2.24, 2.45) is 0 Å². The summed E-state index contributed by atoms with van der Waals surface area (Å²) in [5, 5.41) is 13.4. The predicted molar refractivity (Wildman–Crippen MR) is 69.2 cm³/mol. The molecule has 108 valence electrons. The van der Waals surface area contributed by atoms with Crippen LogP contribution in [0.15, 0.2) is 18.2 Å². The summed E-state index contributed by atoms with van der Waals surface area (Å²) < 4.78 is 26.3. The monoisotopic (exact) mass is 285 g/mol. The minimum atomic E-state index is -2.72. The summed E-state index contributed by atoms with van der Waals surface area (Å²) in [7, 11) is 0. The second kappa shape index (κ2) is 5.40. The first-order chi connectivity index (χ1) is 9.43.